The number of halogens is 1. The summed E-state index contributed by atoms with van der Waals surface area (Å²) in [6.45, 7) is 0.168. The summed E-state index contributed by atoms with van der Waals surface area (Å²) in [5.41, 5.74) is 0.874. The Labute approximate surface area is 87.9 Å². The molecule has 0 aromatic heterocycles. The first-order valence-corrected chi connectivity index (χ1v) is 4.72. The molecule has 14 heavy (non-hydrogen) atoms. The fraction of sp³-hybridized carbons (Fsp3) is 0.400. The molecule has 0 saturated heterocycles. The van der Waals surface area contributed by atoms with Gasteiger partial charge in [0.15, 0.2) is 0 Å². The molecule has 1 aromatic carbocycles. The van der Waals surface area contributed by atoms with Gasteiger partial charge in [-0.05, 0) is 11.6 Å². The zero-order valence-corrected chi connectivity index (χ0v) is 8.44. The molecule has 0 bridgehead atoms. The molecule has 0 saturated carbocycles. The van der Waals surface area contributed by atoms with Crippen LogP contribution in [-0.4, -0.2) is 29.5 Å². The van der Waals surface area contributed by atoms with Crippen LogP contribution in [0, 0.1) is 0 Å². The standard InChI is InChI=1S/C10H13ClO3/c11-10-4-2-1-3-8(10)6-14-7-9(13)5-12/h1-4,9,12-13H,5-7H2. The van der Waals surface area contributed by atoms with Crippen LogP contribution in [0.2, 0.25) is 5.02 Å². The smallest absolute Gasteiger partial charge is 0.100 e. The summed E-state index contributed by atoms with van der Waals surface area (Å²) in [4.78, 5) is 0. The van der Waals surface area contributed by atoms with Crippen LogP contribution < -0.4 is 0 Å². The molecule has 1 aromatic rings. The Kier molecular flexibility index (Phi) is 4.90. The quantitative estimate of drug-likeness (QED) is 0.778. The third-order valence-corrected chi connectivity index (χ3v) is 2.11. The van der Waals surface area contributed by atoms with Crippen molar-refractivity contribution in [1.82, 2.24) is 0 Å². The maximum Gasteiger partial charge on any atom is 0.100 e. The van der Waals surface area contributed by atoms with E-state index in [4.69, 9.17) is 26.6 Å². The molecule has 1 atom stereocenters. The molecule has 0 aliphatic rings. The maximum absolute atomic E-state index is 9.00. The van der Waals surface area contributed by atoms with Crippen molar-refractivity contribution < 1.29 is 14.9 Å². The Hall–Kier alpha value is -0.610. The predicted octanol–water partition coefficient (Wildman–Crippen LogP) is 1.21. The summed E-state index contributed by atoms with van der Waals surface area (Å²) in [6.07, 6.45) is -0.822. The van der Waals surface area contributed by atoms with Crippen LogP contribution in [0.25, 0.3) is 0 Å². The van der Waals surface area contributed by atoms with Crippen LogP contribution in [0.5, 0.6) is 0 Å². The minimum atomic E-state index is -0.822. The highest BCUT2D eigenvalue weighted by Gasteiger charge is 2.03. The normalized spacial score (nSPS) is 12.8. The molecule has 0 aliphatic carbocycles. The van der Waals surface area contributed by atoms with Crippen LogP contribution in [0.3, 0.4) is 0 Å². The number of aliphatic hydroxyl groups excluding tert-OH is 2. The van der Waals surface area contributed by atoms with E-state index in [0.29, 0.717) is 11.6 Å². The van der Waals surface area contributed by atoms with Crippen molar-refractivity contribution in [2.45, 2.75) is 12.7 Å². The molecule has 0 spiro atoms. The topological polar surface area (TPSA) is 49.7 Å². The molecule has 0 amide bonds. The molecule has 0 aliphatic heterocycles. The van der Waals surface area contributed by atoms with Gasteiger partial charge in [-0.15, -0.1) is 0 Å². The molecule has 1 unspecified atom stereocenters. The fourth-order valence-electron chi connectivity index (χ4n) is 0.973. The van der Waals surface area contributed by atoms with Gasteiger partial charge >= 0.3 is 0 Å². The van der Waals surface area contributed by atoms with E-state index in [1.807, 2.05) is 18.2 Å². The lowest BCUT2D eigenvalue weighted by atomic mass is 10.2. The van der Waals surface area contributed by atoms with E-state index in [9.17, 15) is 0 Å². The van der Waals surface area contributed by atoms with Gasteiger partial charge in [-0.25, -0.2) is 0 Å². The lowest BCUT2D eigenvalue weighted by Crippen LogP contribution is -2.19. The number of ether oxygens (including phenoxy) is 1. The van der Waals surface area contributed by atoms with E-state index in [0.717, 1.165) is 5.56 Å². The van der Waals surface area contributed by atoms with E-state index in [2.05, 4.69) is 0 Å². The van der Waals surface area contributed by atoms with Crippen molar-refractivity contribution in [1.29, 1.82) is 0 Å². The van der Waals surface area contributed by atoms with Crippen molar-refractivity contribution >= 4 is 11.6 Å². The molecule has 0 heterocycles. The molecule has 0 radical (unpaired) electrons. The third kappa shape index (κ3) is 3.64. The summed E-state index contributed by atoms with van der Waals surface area (Å²) in [6, 6.07) is 7.35. The molecular formula is C10H13ClO3. The van der Waals surface area contributed by atoms with Gasteiger partial charge in [0.25, 0.3) is 0 Å². The second-order valence-corrected chi connectivity index (χ2v) is 3.35. The number of rotatable bonds is 5. The minimum absolute atomic E-state index is 0.113. The Morgan fingerprint density at radius 1 is 1.36 bits per heavy atom. The maximum atomic E-state index is 9.00. The molecule has 1 rings (SSSR count). The average Bonchev–Trinajstić information content (AvgIpc) is 2.20. The van der Waals surface area contributed by atoms with Gasteiger partial charge in [0.1, 0.15) is 6.10 Å². The van der Waals surface area contributed by atoms with E-state index in [1.165, 1.54) is 0 Å². The first-order chi connectivity index (χ1) is 6.74. The van der Waals surface area contributed by atoms with E-state index in [1.54, 1.807) is 6.07 Å². The zero-order chi connectivity index (χ0) is 10.4. The van der Waals surface area contributed by atoms with Crippen molar-refractivity contribution in [3.8, 4) is 0 Å². The molecule has 3 nitrogen and oxygen atoms in total. The van der Waals surface area contributed by atoms with Crippen molar-refractivity contribution in [3.05, 3.63) is 34.9 Å². The van der Waals surface area contributed by atoms with Crippen molar-refractivity contribution in [2.24, 2.45) is 0 Å². The second-order valence-electron chi connectivity index (χ2n) is 2.94. The Morgan fingerprint density at radius 2 is 2.07 bits per heavy atom. The van der Waals surface area contributed by atoms with Gasteiger partial charge in [-0.2, -0.15) is 0 Å². The van der Waals surface area contributed by atoms with Crippen molar-refractivity contribution in [3.63, 3.8) is 0 Å². The highest BCUT2D eigenvalue weighted by molar-refractivity contribution is 6.31. The molecule has 2 N–H and O–H groups in total. The Balaban J connectivity index is 2.35. The molecule has 4 heteroatoms. The van der Waals surface area contributed by atoms with Gasteiger partial charge < -0.3 is 14.9 Å². The fourth-order valence-corrected chi connectivity index (χ4v) is 1.16. The van der Waals surface area contributed by atoms with E-state index < -0.39 is 6.10 Å². The molecular weight excluding hydrogens is 204 g/mol. The number of benzene rings is 1. The first-order valence-electron chi connectivity index (χ1n) is 4.34. The third-order valence-electron chi connectivity index (χ3n) is 1.74. The summed E-state index contributed by atoms with van der Waals surface area (Å²) < 4.78 is 5.16. The molecule has 78 valence electrons. The average molecular weight is 217 g/mol. The van der Waals surface area contributed by atoms with Crippen LogP contribution in [0.1, 0.15) is 5.56 Å². The van der Waals surface area contributed by atoms with E-state index >= 15 is 0 Å². The van der Waals surface area contributed by atoms with Crippen LogP contribution in [-0.2, 0) is 11.3 Å². The predicted molar refractivity (Wildman–Crippen MR) is 54.2 cm³/mol. The Morgan fingerprint density at radius 3 is 2.71 bits per heavy atom. The Bertz CT molecular complexity index is 278. The van der Waals surface area contributed by atoms with Gasteiger partial charge in [0, 0.05) is 5.02 Å². The number of hydrogen-bond acceptors (Lipinski definition) is 3. The zero-order valence-electron chi connectivity index (χ0n) is 7.69. The number of hydrogen-bond donors (Lipinski definition) is 2. The monoisotopic (exact) mass is 216 g/mol. The first kappa shape index (κ1) is 11.5. The highest BCUT2D eigenvalue weighted by Crippen LogP contribution is 2.15. The lowest BCUT2D eigenvalue weighted by Gasteiger charge is -2.08. The SMILES string of the molecule is OCC(O)COCc1ccccc1Cl. The van der Waals surface area contributed by atoms with Gasteiger partial charge in [0.05, 0.1) is 19.8 Å². The summed E-state index contributed by atoms with van der Waals surface area (Å²) >= 11 is 5.88. The van der Waals surface area contributed by atoms with Crippen molar-refractivity contribution in [2.75, 3.05) is 13.2 Å². The summed E-state index contributed by atoms with van der Waals surface area (Å²) in [5, 5.41) is 18.2. The minimum Gasteiger partial charge on any atom is -0.394 e. The summed E-state index contributed by atoms with van der Waals surface area (Å²) in [7, 11) is 0. The highest BCUT2D eigenvalue weighted by atomic mass is 35.5. The van der Waals surface area contributed by atoms with E-state index in [-0.39, 0.29) is 13.2 Å². The van der Waals surface area contributed by atoms with Crippen LogP contribution in [0.15, 0.2) is 24.3 Å². The van der Waals surface area contributed by atoms with Crippen LogP contribution >= 0.6 is 11.6 Å². The second kappa shape index (κ2) is 5.98. The molecule has 0 fully saturated rings. The number of aliphatic hydroxyl groups is 2. The van der Waals surface area contributed by atoms with Gasteiger partial charge in [-0.3, -0.25) is 0 Å². The lowest BCUT2D eigenvalue weighted by molar-refractivity contribution is 0.0000441. The van der Waals surface area contributed by atoms with Gasteiger partial charge in [0.2, 0.25) is 0 Å². The van der Waals surface area contributed by atoms with Crippen LogP contribution in [0.4, 0.5) is 0 Å². The largest absolute Gasteiger partial charge is 0.394 e. The summed E-state index contributed by atoms with van der Waals surface area (Å²) in [5.74, 6) is 0. The van der Waals surface area contributed by atoms with Gasteiger partial charge in [-0.1, -0.05) is 29.8 Å².